The minimum atomic E-state index is -0.432. The van der Waals surface area contributed by atoms with E-state index in [1.165, 1.54) is 10.9 Å². The summed E-state index contributed by atoms with van der Waals surface area (Å²) >= 11 is 3.20. The first-order chi connectivity index (χ1) is 10.3. The molecule has 0 unspecified atom stereocenters. The molecule has 0 aliphatic heterocycles. The van der Waals surface area contributed by atoms with Gasteiger partial charge in [-0.15, -0.1) is 5.10 Å². The van der Waals surface area contributed by atoms with Crippen molar-refractivity contribution in [2.24, 2.45) is 0 Å². The van der Waals surface area contributed by atoms with E-state index in [0.29, 0.717) is 5.82 Å². The van der Waals surface area contributed by atoms with Crippen molar-refractivity contribution in [2.45, 2.75) is 33.8 Å². The molecule has 0 amide bonds. The van der Waals surface area contributed by atoms with E-state index >= 15 is 0 Å². The Bertz CT molecular complexity index is 700. The molecule has 0 aliphatic rings. The first-order valence-corrected chi connectivity index (χ1v) is 7.72. The molecular formula is C16H18BrN3O2. The van der Waals surface area contributed by atoms with Crippen LogP contribution in [0.2, 0.25) is 0 Å². The zero-order valence-electron chi connectivity index (χ0n) is 13.0. The van der Waals surface area contributed by atoms with Gasteiger partial charge in [-0.05, 0) is 55.8 Å². The Labute approximate surface area is 138 Å². The van der Waals surface area contributed by atoms with Crippen LogP contribution < -0.4 is 0 Å². The fourth-order valence-corrected chi connectivity index (χ4v) is 2.32. The van der Waals surface area contributed by atoms with Crippen molar-refractivity contribution in [1.82, 2.24) is 14.8 Å². The fourth-order valence-electron chi connectivity index (χ4n) is 2.01. The Kier molecular flexibility index (Phi) is 5.13. The van der Waals surface area contributed by atoms with Crippen molar-refractivity contribution in [3.63, 3.8) is 0 Å². The maximum Gasteiger partial charge on any atom is 0.347 e. The Morgan fingerprint density at radius 3 is 2.50 bits per heavy atom. The van der Waals surface area contributed by atoms with Crippen LogP contribution in [0.4, 0.5) is 0 Å². The number of aromatic nitrogens is 3. The van der Waals surface area contributed by atoms with Gasteiger partial charge in [-0.1, -0.05) is 17.2 Å². The van der Waals surface area contributed by atoms with Gasteiger partial charge in [-0.3, -0.25) is 0 Å². The summed E-state index contributed by atoms with van der Waals surface area (Å²) in [6.07, 6.45) is 2.91. The summed E-state index contributed by atoms with van der Waals surface area (Å²) < 4.78 is 6.87. The summed E-state index contributed by atoms with van der Waals surface area (Å²) in [5, 5.41) is 4.36. The lowest BCUT2D eigenvalue weighted by atomic mass is 10.1. The van der Waals surface area contributed by atoms with E-state index in [2.05, 4.69) is 32.1 Å². The zero-order valence-corrected chi connectivity index (χ0v) is 14.6. The highest BCUT2D eigenvalue weighted by Crippen LogP contribution is 2.19. The van der Waals surface area contributed by atoms with Crippen LogP contribution in [0.3, 0.4) is 0 Å². The van der Waals surface area contributed by atoms with Crippen LogP contribution in [0.5, 0.6) is 0 Å². The highest BCUT2D eigenvalue weighted by molar-refractivity contribution is 9.12. The van der Waals surface area contributed by atoms with Gasteiger partial charge in [0.15, 0.2) is 5.82 Å². The molecule has 2 aromatic rings. The van der Waals surface area contributed by atoms with Gasteiger partial charge in [-0.25, -0.2) is 14.5 Å². The fraction of sp³-hybridized carbons (Fsp3) is 0.312. The molecule has 0 spiro atoms. The van der Waals surface area contributed by atoms with Crippen LogP contribution in [-0.4, -0.2) is 26.8 Å². The lowest BCUT2D eigenvalue weighted by Gasteiger charge is -2.06. The first kappa shape index (κ1) is 16.4. The number of esters is 1. The predicted octanol–water partition coefficient (Wildman–Crippen LogP) is 3.71. The number of hydrogen-bond donors (Lipinski definition) is 0. The monoisotopic (exact) mass is 363 g/mol. The van der Waals surface area contributed by atoms with Crippen LogP contribution in [0.25, 0.3) is 17.6 Å². The third-order valence-electron chi connectivity index (χ3n) is 2.77. The summed E-state index contributed by atoms with van der Waals surface area (Å²) in [4.78, 5) is 16.0. The van der Waals surface area contributed by atoms with Gasteiger partial charge in [0, 0.05) is 5.56 Å². The molecule has 1 aromatic heterocycles. The van der Waals surface area contributed by atoms with E-state index < -0.39 is 5.97 Å². The van der Waals surface area contributed by atoms with E-state index in [9.17, 15) is 4.79 Å². The Balaban J connectivity index is 2.22. The number of carbonyl (C=O) groups is 1. The molecule has 0 saturated heterocycles. The molecule has 1 aromatic carbocycles. The number of rotatable bonds is 4. The number of aryl methyl sites for hydroxylation is 2. The minimum Gasteiger partial charge on any atom is -0.459 e. The average molecular weight is 364 g/mol. The van der Waals surface area contributed by atoms with E-state index in [-0.39, 0.29) is 10.6 Å². The molecule has 0 atom stereocenters. The quantitative estimate of drug-likeness (QED) is 0.613. The molecule has 0 aliphatic carbocycles. The van der Waals surface area contributed by atoms with Gasteiger partial charge in [0.25, 0.3) is 0 Å². The number of carbonyl (C=O) groups excluding carboxylic acids is 1. The predicted molar refractivity (Wildman–Crippen MR) is 89.4 cm³/mol. The van der Waals surface area contributed by atoms with Gasteiger partial charge in [0.1, 0.15) is 10.8 Å². The SMILES string of the molecule is Cc1cc(C)cc(-c2ncn(/C=C(/Br)C(=O)OC(C)C)n2)c1. The molecule has 2 rings (SSSR count). The molecule has 5 nitrogen and oxygen atoms in total. The maximum atomic E-state index is 11.7. The number of hydrogen-bond acceptors (Lipinski definition) is 4. The summed E-state index contributed by atoms with van der Waals surface area (Å²) in [5.41, 5.74) is 3.26. The molecular weight excluding hydrogens is 346 g/mol. The number of nitrogens with zero attached hydrogens (tertiary/aromatic N) is 3. The molecule has 0 saturated carbocycles. The van der Waals surface area contributed by atoms with Crippen LogP contribution in [0, 0.1) is 13.8 Å². The Hall–Kier alpha value is -1.95. The second-order valence-electron chi connectivity index (χ2n) is 5.36. The topological polar surface area (TPSA) is 57.0 Å². The lowest BCUT2D eigenvalue weighted by molar-refractivity contribution is -0.141. The molecule has 116 valence electrons. The molecule has 6 heteroatoms. The van der Waals surface area contributed by atoms with Crippen LogP contribution in [-0.2, 0) is 9.53 Å². The van der Waals surface area contributed by atoms with E-state index in [1.54, 1.807) is 20.2 Å². The normalized spacial score (nSPS) is 11.8. The van der Waals surface area contributed by atoms with Crippen molar-refractivity contribution in [2.75, 3.05) is 0 Å². The summed E-state index contributed by atoms with van der Waals surface area (Å²) in [6.45, 7) is 7.66. The number of halogens is 1. The van der Waals surface area contributed by atoms with Crippen molar-refractivity contribution in [1.29, 1.82) is 0 Å². The third kappa shape index (κ3) is 4.27. The second-order valence-corrected chi connectivity index (χ2v) is 6.21. The maximum absolute atomic E-state index is 11.7. The van der Waals surface area contributed by atoms with Gasteiger partial charge in [0.2, 0.25) is 0 Å². The molecule has 22 heavy (non-hydrogen) atoms. The summed E-state index contributed by atoms with van der Waals surface area (Å²) in [6, 6.07) is 6.15. The Morgan fingerprint density at radius 2 is 1.91 bits per heavy atom. The van der Waals surface area contributed by atoms with Gasteiger partial charge < -0.3 is 4.74 Å². The lowest BCUT2D eigenvalue weighted by Crippen LogP contribution is -2.11. The molecule has 0 bridgehead atoms. The molecule has 1 heterocycles. The highest BCUT2D eigenvalue weighted by Gasteiger charge is 2.11. The second kappa shape index (κ2) is 6.87. The van der Waals surface area contributed by atoms with Crippen molar-refractivity contribution in [3.8, 4) is 11.4 Å². The van der Waals surface area contributed by atoms with E-state index in [4.69, 9.17) is 4.74 Å². The third-order valence-corrected chi connectivity index (χ3v) is 3.30. The largest absolute Gasteiger partial charge is 0.459 e. The van der Waals surface area contributed by atoms with E-state index in [1.807, 2.05) is 26.0 Å². The van der Waals surface area contributed by atoms with Crippen LogP contribution in [0.15, 0.2) is 29.0 Å². The van der Waals surface area contributed by atoms with Gasteiger partial charge in [0.05, 0.1) is 12.3 Å². The van der Waals surface area contributed by atoms with Crippen molar-refractivity contribution in [3.05, 3.63) is 40.1 Å². The molecule has 0 fully saturated rings. The summed E-state index contributed by atoms with van der Waals surface area (Å²) in [7, 11) is 0. The smallest absolute Gasteiger partial charge is 0.347 e. The standard InChI is InChI=1S/C16H18BrN3O2/c1-10(2)22-16(21)14(17)8-20-9-18-15(19-20)13-6-11(3)5-12(4)7-13/h5-10H,1-4H3/b14-8+. The minimum absolute atomic E-state index is 0.171. The van der Waals surface area contributed by atoms with Gasteiger partial charge >= 0.3 is 5.97 Å². The number of benzene rings is 1. The summed E-state index contributed by atoms with van der Waals surface area (Å²) in [5.74, 6) is 0.180. The number of ether oxygens (including phenoxy) is 1. The zero-order chi connectivity index (χ0) is 16.3. The van der Waals surface area contributed by atoms with E-state index in [0.717, 1.165) is 16.7 Å². The molecule has 0 N–H and O–H groups in total. The Morgan fingerprint density at radius 1 is 1.27 bits per heavy atom. The molecule has 0 radical (unpaired) electrons. The van der Waals surface area contributed by atoms with Crippen molar-refractivity contribution < 1.29 is 9.53 Å². The average Bonchev–Trinajstić information content (AvgIpc) is 2.85. The first-order valence-electron chi connectivity index (χ1n) is 6.93. The van der Waals surface area contributed by atoms with Crippen LogP contribution >= 0.6 is 15.9 Å². The van der Waals surface area contributed by atoms with Crippen molar-refractivity contribution >= 4 is 28.1 Å². The van der Waals surface area contributed by atoms with Gasteiger partial charge in [-0.2, -0.15) is 0 Å². The van der Waals surface area contributed by atoms with Crippen LogP contribution in [0.1, 0.15) is 25.0 Å². The highest BCUT2D eigenvalue weighted by atomic mass is 79.9.